The summed E-state index contributed by atoms with van der Waals surface area (Å²) in [5, 5.41) is 20.3. The zero-order chi connectivity index (χ0) is 12.1. The van der Waals surface area contributed by atoms with E-state index in [1.54, 1.807) is 6.07 Å². The van der Waals surface area contributed by atoms with E-state index in [2.05, 4.69) is 0 Å². The van der Waals surface area contributed by atoms with Gasteiger partial charge in [0.2, 0.25) is 5.75 Å². The molecule has 0 atom stereocenters. The summed E-state index contributed by atoms with van der Waals surface area (Å²) >= 11 is 0. The Morgan fingerprint density at radius 1 is 1.31 bits per heavy atom. The Balaban J connectivity index is 2.99. The van der Waals surface area contributed by atoms with Crippen molar-refractivity contribution in [3.8, 4) is 11.5 Å². The number of ether oxygens (including phenoxy) is 1. The molecule has 1 aromatic rings. The summed E-state index contributed by atoms with van der Waals surface area (Å²) in [5.74, 6) is -1.16. The van der Waals surface area contributed by atoms with Crippen molar-refractivity contribution in [2.75, 3.05) is 6.61 Å². The summed E-state index contributed by atoms with van der Waals surface area (Å²) < 4.78 is 4.93. The highest BCUT2D eigenvalue weighted by molar-refractivity contribution is 5.68. The Bertz CT molecular complexity index is 385. The number of carboxylic acid groups (broad SMARTS) is 1. The number of aryl methyl sites for hydroxylation is 1. The Morgan fingerprint density at radius 3 is 2.50 bits per heavy atom. The lowest BCUT2D eigenvalue weighted by Crippen LogP contribution is -2.09. The minimum absolute atomic E-state index is 0.122. The van der Waals surface area contributed by atoms with E-state index in [1.165, 1.54) is 0 Å². The van der Waals surface area contributed by atoms with Crippen molar-refractivity contribution in [3.63, 3.8) is 0 Å². The zero-order valence-corrected chi connectivity index (χ0v) is 9.45. The van der Waals surface area contributed by atoms with Gasteiger partial charge in [-0.2, -0.15) is 0 Å². The number of carboxylic acids is 1. The molecule has 87 valence electrons. The molecule has 0 spiro atoms. The molecule has 0 aliphatic carbocycles. The highest BCUT2D eigenvalue weighted by atomic mass is 16.5. The van der Waals surface area contributed by atoms with Crippen molar-refractivity contribution in [1.29, 1.82) is 0 Å². The minimum Gasteiger partial charge on any atom is -0.479 e. The number of rotatable bonds is 5. The zero-order valence-electron chi connectivity index (χ0n) is 9.45. The maximum absolute atomic E-state index is 11.9. The maximum Gasteiger partial charge on any atom is 0.341 e. The van der Waals surface area contributed by atoms with Gasteiger partial charge in [0, 0.05) is 5.56 Å². The third-order valence-corrected chi connectivity index (χ3v) is 2.41. The van der Waals surface area contributed by atoms with Crippen LogP contribution < -0.4 is 4.74 Å². The Morgan fingerprint density at radius 2 is 2.00 bits per heavy atom. The first kappa shape index (κ1) is 12.4. The second-order valence-corrected chi connectivity index (χ2v) is 3.42. The van der Waals surface area contributed by atoms with Crippen LogP contribution in [0.5, 0.6) is 11.5 Å². The lowest BCUT2D eigenvalue weighted by atomic mass is 10.0. The van der Waals surface area contributed by atoms with E-state index in [1.807, 2.05) is 19.9 Å². The molecular formula is C12H15O4. The first-order chi connectivity index (χ1) is 7.60. The molecule has 0 amide bonds. The van der Waals surface area contributed by atoms with E-state index < -0.39 is 12.6 Å². The van der Waals surface area contributed by atoms with Gasteiger partial charge in [-0.15, -0.1) is 0 Å². The number of hydrogen-bond acceptors (Lipinski definition) is 2. The van der Waals surface area contributed by atoms with Gasteiger partial charge in [0.05, 0.1) is 0 Å². The minimum atomic E-state index is -1.09. The number of aliphatic carboxylic acids is 1. The summed E-state index contributed by atoms with van der Waals surface area (Å²) in [7, 11) is 0. The van der Waals surface area contributed by atoms with Gasteiger partial charge in [0.15, 0.2) is 12.4 Å². The SMILES string of the molecule is CCc1ccc(OCC(=O)O)c([O])c1CC. The number of benzene rings is 1. The van der Waals surface area contributed by atoms with Gasteiger partial charge in [-0.1, -0.05) is 19.9 Å². The van der Waals surface area contributed by atoms with Crippen LogP contribution in [0.2, 0.25) is 0 Å². The van der Waals surface area contributed by atoms with Crippen molar-refractivity contribution in [2.45, 2.75) is 26.7 Å². The summed E-state index contributed by atoms with van der Waals surface area (Å²) in [6.07, 6.45) is 1.42. The Hall–Kier alpha value is -1.71. The van der Waals surface area contributed by atoms with Crippen LogP contribution in [0.15, 0.2) is 12.1 Å². The average molecular weight is 223 g/mol. The lowest BCUT2D eigenvalue weighted by Gasteiger charge is -2.10. The number of hydrogen-bond donors (Lipinski definition) is 1. The maximum atomic E-state index is 11.9. The van der Waals surface area contributed by atoms with Crippen LogP contribution in [0.4, 0.5) is 0 Å². The van der Waals surface area contributed by atoms with Crippen LogP contribution in [-0.2, 0) is 22.7 Å². The molecule has 4 heteroatoms. The van der Waals surface area contributed by atoms with E-state index >= 15 is 0 Å². The molecule has 1 rings (SSSR count). The summed E-state index contributed by atoms with van der Waals surface area (Å²) in [6.45, 7) is 3.40. The van der Waals surface area contributed by atoms with Crippen molar-refractivity contribution in [3.05, 3.63) is 23.3 Å². The van der Waals surface area contributed by atoms with Crippen LogP contribution in [-0.4, -0.2) is 17.7 Å². The van der Waals surface area contributed by atoms with E-state index in [-0.39, 0.29) is 11.5 Å². The van der Waals surface area contributed by atoms with Crippen LogP contribution in [0.1, 0.15) is 25.0 Å². The fourth-order valence-corrected chi connectivity index (χ4v) is 1.62. The van der Waals surface area contributed by atoms with Crippen LogP contribution >= 0.6 is 0 Å². The predicted octanol–water partition coefficient (Wildman–Crippen LogP) is 2.42. The molecule has 0 saturated heterocycles. The van der Waals surface area contributed by atoms with Gasteiger partial charge in [-0.05, 0) is 24.5 Å². The van der Waals surface area contributed by atoms with Crippen LogP contribution in [0.3, 0.4) is 0 Å². The van der Waals surface area contributed by atoms with Crippen LogP contribution in [0, 0.1) is 0 Å². The standard InChI is InChI=1S/C12H15O4/c1-3-8-5-6-10(16-7-11(13)14)12(15)9(8)4-2/h5-6H,3-4,7H2,1-2H3,(H,13,14). The molecule has 1 aromatic carbocycles. The summed E-state index contributed by atoms with van der Waals surface area (Å²) in [4.78, 5) is 10.3. The van der Waals surface area contributed by atoms with Crippen molar-refractivity contribution in [2.24, 2.45) is 0 Å². The second kappa shape index (κ2) is 5.39. The molecule has 0 saturated carbocycles. The quantitative estimate of drug-likeness (QED) is 0.833. The third-order valence-electron chi connectivity index (χ3n) is 2.41. The second-order valence-electron chi connectivity index (χ2n) is 3.42. The van der Waals surface area contributed by atoms with E-state index in [9.17, 15) is 9.90 Å². The molecule has 0 heterocycles. The largest absolute Gasteiger partial charge is 0.479 e. The van der Waals surface area contributed by atoms with Crippen molar-refractivity contribution < 1.29 is 19.7 Å². The molecule has 4 nitrogen and oxygen atoms in total. The molecule has 0 aliphatic heterocycles. The molecule has 1 N–H and O–H groups in total. The molecule has 0 aromatic heterocycles. The van der Waals surface area contributed by atoms with Crippen molar-refractivity contribution >= 4 is 5.97 Å². The average Bonchev–Trinajstić information content (AvgIpc) is 2.26. The highest BCUT2D eigenvalue weighted by Crippen LogP contribution is 2.33. The first-order valence-corrected chi connectivity index (χ1v) is 5.26. The van der Waals surface area contributed by atoms with Gasteiger partial charge in [-0.25, -0.2) is 4.79 Å². The number of carbonyl (C=O) groups is 1. The van der Waals surface area contributed by atoms with Crippen LogP contribution in [0.25, 0.3) is 0 Å². The molecule has 0 fully saturated rings. The van der Waals surface area contributed by atoms with E-state index in [4.69, 9.17) is 9.84 Å². The molecule has 16 heavy (non-hydrogen) atoms. The van der Waals surface area contributed by atoms with Gasteiger partial charge < -0.3 is 9.84 Å². The lowest BCUT2D eigenvalue weighted by molar-refractivity contribution is -0.139. The highest BCUT2D eigenvalue weighted by Gasteiger charge is 2.14. The fraction of sp³-hybridized carbons (Fsp3) is 0.417. The van der Waals surface area contributed by atoms with Gasteiger partial charge >= 0.3 is 5.97 Å². The Labute approximate surface area is 94.5 Å². The van der Waals surface area contributed by atoms with E-state index in [0.29, 0.717) is 12.0 Å². The molecule has 0 bridgehead atoms. The predicted molar refractivity (Wildman–Crippen MR) is 58.5 cm³/mol. The normalized spacial score (nSPS) is 10.1. The van der Waals surface area contributed by atoms with Crippen molar-refractivity contribution in [1.82, 2.24) is 0 Å². The molecule has 1 radical (unpaired) electrons. The summed E-state index contributed by atoms with van der Waals surface area (Å²) in [6, 6.07) is 3.36. The fourth-order valence-electron chi connectivity index (χ4n) is 1.62. The first-order valence-electron chi connectivity index (χ1n) is 5.26. The van der Waals surface area contributed by atoms with Gasteiger partial charge in [0.1, 0.15) is 0 Å². The summed E-state index contributed by atoms with van der Waals surface area (Å²) in [5.41, 5.74) is 1.71. The van der Waals surface area contributed by atoms with Gasteiger partial charge in [0.25, 0.3) is 0 Å². The molecule has 0 unspecified atom stereocenters. The van der Waals surface area contributed by atoms with E-state index in [0.717, 1.165) is 12.0 Å². The smallest absolute Gasteiger partial charge is 0.341 e. The molecular weight excluding hydrogens is 208 g/mol. The molecule has 0 aliphatic rings. The monoisotopic (exact) mass is 223 g/mol. The third kappa shape index (κ3) is 2.66. The van der Waals surface area contributed by atoms with Gasteiger partial charge in [-0.3, -0.25) is 5.11 Å². The topological polar surface area (TPSA) is 66.4 Å². The Kier molecular flexibility index (Phi) is 4.17.